The highest BCUT2D eigenvalue weighted by Crippen LogP contribution is 2.12. The summed E-state index contributed by atoms with van der Waals surface area (Å²) in [6.45, 7) is 10.5. The van der Waals surface area contributed by atoms with Crippen LogP contribution in [0, 0.1) is 11.8 Å². The second-order valence-electron chi connectivity index (χ2n) is 6.60. The average molecular weight is 367 g/mol. The summed E-state index contributed by atoms with van der Waals surface area (Å²) in [7, 11) is 1.80. The number of hydrogen-bond acceptors (Lipinski definition) is 5. The van der Waals surface area contributed by atoms with Gasteiger partial charge in [0, 0.05) is 39.8 Å². The summed E-state index contributed by atoms with van der Waals surface area (Å²) in [5, 5.41) is 15.7. The molecule has 0 spiro atoms. The van der Waals surface area contributed by atoms with E-state index in [1.165, 1.54) is 19.2 Å². The molecule has 0 unspecified atom stereocenters. The van der Waals surface area contributed by atoms with Crippen LogP contribution in [0.5, 0.6) is 0 Å². The van der Waals surface area contributed by atoms with Gasteiger partial charge >= 0.3 is 0 Å². The number of alkyl halides is 1. The van der Waals surface area contributed by atoms with E-state index in [2.05, 4.69) is 36.1 Å². The van der Waals surface area contributed by atoms with E-state index in [1.54, 1.807) is 7.11 Å². The van der Waals surface area contributed by atoms with E-state index in [9.17, 15) is 0 Å². The van der Waals surface area contributed by atoms with Crippen molar-refractivity contribution in [2.75, 3.05) is 52.9 Å². The van der Waals surface area contributed by atoms with Gasteiger partial charge in [0.2, 0.25) is 0 Å². The summed E-state index contributed by atoms with van der Waals surface area (Å²) >= 11 is 4.64. The van der Waals surface area contributed by atoms with Gasteiger partial charge in [-0.2, -0.15) is 0 Å². The highest BCUT2D eigenvalue weighted by atomic mass is 35.5. The molecule has 0 aromatic rings. The number of aliphatic hydroxyl groups excluding tert-OH is 1. The minimum absolute atomic E-state index is 0.0590. The standard InChI is InChI=1S/C7H15NO.C6H13NO.C4H8O.CH3Cl/c1-6-5-8-4-3-7(6)9-2;1-5-4-7-3-2-6(5)8;1-2-4-5-3-1;1-2/h6-8H,3-5H2,1-2H3;5-8H,2-4H2,1H3;1-4H2;1H3/t6-,7+;5-,6+;;/m11../s1. The third kappa shape index (κ3) is 11.6. The van der Waals surface area contributed by atoms with Crippen LogP contribution in [-0.2, 0) is 9.47 Å². The van der Waals surface area contributed by atoms with E-state index in [0.717, 1.165) is 52.2 Å². The first-order valence-electron chi connectivity index (χ1n) is 9.23. The van der Waals surface area contributed by atoms with E-state index in [4.69, 9.17) is 14.6 Å². The zero-order chi connectivity index (χ0) is 18.2. The quantitative estimate of drug-likeness (QED) is 0.621. The van der Waals surface area contributed by atoms with Crippen molar-refractivity contribution in [2.24, 2.45) is 11.8 Å². The van der Waals surface area contributed by atoms with Crippen molar-refractivity contribution < 1.29 is 14.6 Å². The lowest BCUT2D eigenvalue weighted by Crippen LogP contribution is -2.39. The van der Waals surface area contributed by atoms with Crippen LogP contribution in [0.1, 0.15) is 39.5 Å². The predicted octanol–water partition coefficient (Wildman–Crippen LogP) is 2.26. The molecule has 3 N–H and O–H groups in total. The van der Waals surface area contributed by atoms with Crippen molar-refractivity contribution in [3.63, 3.8) is 0 Å². The fraction of sp³-hybridized carbons (Fsp3) is 1.00. The van der Waals surface area contributed by atoms with Crippen LogP contribution in [0.3, 0.4) is 0 Å². The first-order valence-corrected chi connectivity index (χ1v) is 9.98. The molecular weight excluding hydrogens is 328 g/mol. The van der Waals surface area contributed by atoms with Crippen LogP contribution in [0.25, 0.3) is 0 Å². The van der Waals surface area contributed by atoms with Crippen molar-refractivity contribution in [3.05, 3.63) is 0 Å². The SMILES string of the molecule is C1CCOC1.CCl.CO[C@H]1CCNC[C@H]1C.C[C@@H]1CNCC[C@@H]1O. The van der Waals surface area contributed by atoms with Gasteiger partial charge in [0.1, 0.15) is 0 Å². The number of halogens is 1. The molecule has 3 saturated heterocycles. The molecule has 0 bridgehead atoms. The summed E-state index contributed by atoms with van der Waals surface area (Å²) in [6, 6.07) is 0. The Morgan fingerprint density at radius 2 is 1.50 bits per heavy atom. The Labute approximate surface area is 153 Å². The number of ether oxygens (including phenoxy) is 2. The van der Waals surface area contributed by atoms with Crippen molar-refractivity contribution in [3.8, 4) is 0 Å². The van der Waals surface area contributed by atoms with Gasteiger partial charge in [0.25, 0.3) is 0 Å². The zero-order valence-corrected chi connectivity index (χ0v) is 16.8. The summed E-state index contributed by atoms with van der Waals surface area (Å²) in [4.78, 5) is 0. The Morgan fingerprint density at radius 1 is 0.958 bits per heavy atom. The number of piperidine rings is 2. The topological polar surface area (TPSA) is 62.8 Å². The lowest BCUT2D eigenvalue weighted by molar-refractivity contribution is 0.0380. The second-order valence-corrected chi connectivity index (χ2v) is 6.60. The summed E-state index contributed by atoms with van der Waals surface area (Å²) in [5.41, 5.74) is 0. The van der Waals surface area contributed by atoms with Crippen molar-refractivity contribution in [1.29, 1.82) is 0 Å². The molecule has 5 nitrogen and oxygen atoms in total. The molecule has 3 aliphatic heterocycles. The Hall–Kier alpha value is 0.0900. The third-order valence-electron chi connectivity index (χ3n) is 4.58. The summed E-state index contributed by atoms with van der Waals surface area (Å²) in [5.74, 6) is 1.13. The van der Waals surface area contributed by atoms with Gasteiger partial charge in [-0.1, -0.05) is 13.8 Å². The average Bonchev–Trinajstić information content (AvgIpc) is 3.20. The molecule has 0 amide bonds. The molecule has 0 aromatic heterocycles. The largest absolute Gasteiger partial charge is 0.393 e. The lowest BCUT2D eigenvalue weighted by Gasteiger charge is -2.27. The maximum absolute atomic E-state index is 9.14. The lowest BCUT2D eigenvalue weighted by atomic mass is 9.98. The van der Waals surface area contributed by atoms with Gasteiger partial charge in [-0.3, -0.25) is 0 Å². The van der Waals surface area contributed by atoms with E-state index in [0.29, 0.717) is 17.9 Å². The summed E-state index contributed by atoms with van der Waals surface area (Å²) in [6.07, 6.45) is 6.54. The number of rotatable bonds is 1. The first-order chi connectivity index (χ1) is 11.6. The Morgan fingerprint density at radius 3 is 1.79 bits per heavy atom. The molecule has 24 heavy (non-hydrogen) atoms. The van der Waals surface area contributed by atoms with Crippen LogP contribution in [0.4, 0.5) is 0 Å². The predicted molar refractivity (Wildman–Crippen MR) is 102 cm³/mol. The fourth-order valence-corrected chi connectivity index (χ4v) is 2.85. The molecule has 0 aromatic carbocycles. The smallest absolute Gasteiger partial charge is 0.0621 e. The fourth-order valence-electron chi connectivity index (χ4n) is 2.85. The second kappa shape index (κ2) is 16.6. The highest BCUT2D eigenvalue weighted by molar-refractivity contribution is 6.15. The Kier molecular flexibility index (Phi) is 16.6. The maximum atomic E-state index is 9.14. The van der Waals surface area contributed by atoms with Gasteiger partial charge in [0.05, 0.1) is 12.2 Å². The normalized spacial score (nSPS) is 32.2. The molecule has 0 radical (unpaired) electrons. The number of nitrogens with one attached hydrogen (secondary N) is 2. The van der Waals surface area contributed by atoms with Crippen LogP contribution < -0.4 is 10.6 Å². The number of methoxy groups -OCH3 is 1. The van der Waals surface area contributed by atoms with Crippen LogP contribution >= 0.6 is 11.6 Å². The number of aliphatic hydroxyl groups is 1. The molecule has 3 aliphatic rings. The monoisotopic (exact) mass is 366 g/mol. The van der Waals surface area contributed by atoms with Gasteiger partial charge in [-0.15, -0.1) is 11.6 Å². The van der Waals surface area contributed by atoms with Crippen LogP contribution in [-0.4, -0.2) is 70.2 Å². The highest BCUT2D eigenvalue weighted by Gasteiger charge is 2.19. The van der Waals surface area contributed by atoms with Crippen LogP contribution in [0.2, 0.25) is 0 Å². The van der Waals surface area contributed by atoms with E-state index < -0.39 is 0 Å². The summed E-state index contributed by atoms with van der Waals surface area (Å²) < 4.78 is 10.2. The van der Waals surface area contributed by atoms with E-state index in [1.807, 2.05) is 0 Å². The van der Waals surface area contributed by atoms with Crippen molar-refractivity contribution in [1.82, 2.24) is 10.6 Å². The Balaban J connectivity index is 0.000000324. The van der Waals surface area contributed by atoms with Gasteiger partial charge in [0.15, 0.2) is 0 Å². The minimum atomic E-state index is -0.0590. The van der Waals surface area contributed by atoms with Gasteiger partial charge in [-0.25, -0.2) is 0 Å². The molecule has 3 heterocycles. The van der Waals surface area contributed by atoms with Crippen molar-refractivity contribution >= 4 is 11.6 Å². The van der Waals surface area contributed by atoms with Gasteiger partial charge < -0.3 is 25.2 Å². The molecule has 0 saturated carbocycles. The first kappa shape index (κ1) is 24.1. The van der Waals surface area contributed by atoms with Gasteiger partial charge in [-0.05, 0) is 50.6 Å². The minimum Gasteiger partial charge on any atom is -0.393 e. The molecular formula is C18H39ClN2O3. The third-order valence-corrected chi connectivity index (χ3v) is 4.58. The molecule has 146 valence electrons. The van der Waals surface area contributed by atoms with E-state index in [-0.39, 0.29) is 6.10 Å². The Bertz CT molecular complexity index is 251. The maximum Gasteiger partial charge on any atom is 0.0621 e. The molecule has 6 heteroatoms. The van der Waals surface area contributed by atoms with Crippen LogP contribution in [0.15, 0.2) is 0 Å². The molecule has 0 aliphatic carbocycles. The molecule has 3 rings (SSSR count). The van der Waals surface area contributed by atoms with E-state index >= 15 is 0 Å². The van der Waals surface area contributed by atoms with Crippen molar-refractivity contribution in [2.45, 2.75) is 51.7 Å². The number of hydrogen-bond donors (Lipinski definition) is 3. The molecule has 4 atom stereocenters. The zero-order valence-electron chi connectivity index (χ0n) is 16.0. The molecule has 3 fully saturated rings.